The molecular formula is C14H16BrN5OS. The summed E-state index contributed by atoms with van der Waals surface area (Å²) in [5, 5.41) is 8.71. The zero-order chi connectivity index (χ0) is 16.1. The Morgan fingerprint density at radius 1 is 1.50 bits per heavy atom. The first-order valence-electron chi connectivity index (χ1n) is 6.54. The van der Waals surface area contributed by atoms with Crippen molar-refractivity contribution in [1.29, 1.82) is 0 Å². The highest BCUT2D eigenvalue weighted by atomic mass is 79.9. The van der Waals surface area contributed by atoms with Gasteiger partial charge < -0.3 is 0 Å². The normalized spacial score (nSPS) is 12.0. The van der Waals surface area contributed by atoms with Crippen LogP contribution in [0, 0.1) is 0 Å². The van der Waals surface area contributed by atoms with Crippen molar-refractivity contribution in [1.82, 2.24) is 20.2 Å². The van der Waals surface area contributed by atoms with E-state index < -0.39 is 0 Å². The molecule has 8 heteroatoms. The van der Waals surface area contributed by atoms with Crippen molar-refractivity contribution >= 4 is 33.6 Å². The lowest BCUT2D eigenvalue weighted by atomic mass is 10.2. The third kappa shape index (κ3) is 3.76. The van der Waals surface area contributed by atoms with Crippen LogP contribution in [0.4, 0.5) is 0 Å². The molecule has 2 aromatic rings. The van der Waals surface area contributed by atoms with Crippen LogP contribution in [0.25, 0.3) is 11.4 Å². The van der Waals surface area contributed by atoms with Crippen LogP contribution in [0.15, 0.2) is 46.5 Å². The number of nitrogens with two attached hydrogens (primary N) is 1. The number of nitrogens with zero attached hydrogens (tertiary/aromatic N) is 3. The van der Waals surface area contributed by atoms with Gasteiger partial charge in [-0.3, -0.25) is 14.8 Å². The topological polar surface area (TPSA) is 85.8 Å². The predicted molar refractivity (Wildman–Crippen MR) is 91.0 cm³/mol. The van der Waals surface area contributed by atoms with Crippen LogP contribution in [0.3, 0.4) is 0 Å². The first-order valence-corrected chi connectivity index (χ1v) is 8.21. The highest BCUT2D eigenvalue weighted by Crippen LogP contribution is 2.27. The molecule has 0 fully saturated rings. The van der Waals surface area contributed by atoms with Gasteiger partial charge in [0.25, 0.3) is 0 Å². The maximum atomic E-state index is 11.6. The Kier molecular flexibility index (Phi) is 5.76. The number of nitrogens with one attached hydrogen (secondary N) is 1. The molecule has 0 unspecified atom stereocenters. The minimum Gasteiger partial charge on any atom is -0.298 e. The fraction of sp³-hybridized carbons (Fsp3) is 0.214. The number of aromatic nitrogens is 3. The highest BCUT2D eigenvalue weighted by Gasteiger charge is 2.19. The zero-order valence-corrected chi connectivity index (χ0v) is 14.4. The van der Waals surface area contributed by atoms with Crippen molar-refractivity contribution in [3.05, 3.63) is 41.4 Å². The minimum absolute atomic E-state index is 0.261. The van der Waals surface area contributed by atoms with Gasteiger partial charge >= 0.3 is 0 Å². The Bertz CT molecular complexity index is 670. The number of carbonyl (C=O) groups excluding carboxylic acids is 1. The summed E-state index contributed by atoms with van der Waals surface area (Å²) in [7, 11) is 0. The standard InChI is InChI=1S/C14H16BrN5OS/c1-3-8-20-12(10-4-6-11(15)7-5-10)18-19-14(20)22-9(2)13(21)17-16/h3-7,9H,1,8,16H2,2H3,(H,17,21)/t9-/m1/s1. The number of hydrogen-bond acceptors (Lipinski definition) is 5. The zero-order valence-electron chi connectivity index (χ0n) is 12.0. The summed E-state index contributed by atoms with van der Waals surface area (Å²) in [6.07, 6.45) is 1.77. The fourth-order valence-electron chi connectivity index (χ4n) is 1.81. The first-order chi connectivity index (χ1) is 10.6. The second-order valence-electron chi connectivity index (χ2n) is 4.48. The van der Waals surface area contributed by atoms with E-state index in [9.17, 15) is 4.79 Å². The lowest BCUT2D eigenvalue weighted by molar-refractivity contribution is -0.120. The van der Waals surface area contributed by atoms with Gasteiger partial charge in [0.2, 0.25) is 5.91 Å². The number of hydrogen-bond donors (Lipinski definition) is 2. The van der Waals surface area contributed by atoms with Crippen LogP contribution >= 0.6 is 27.7 Å². The molecule has 116 valence electrons. The molecule has 0 aliphatic rings. The van der Waals surface area contributed by atoms with Gasteiger partial charge in [-0.25, -0.2) is 5.84 Å². The van der Waals surface area contributed by atoms with E-state index in [4.69, 9.17) is 5.84 Å². The van der Waals surface area contributed by atoms with Gasteiger partial charge in [-0.05, 0) is 19.1 Å². The van der Waals surface area contributed by atoms with Crippen molar-refractivity contribution in [3.63, 3.8) is 0 Å². The fourth-order valence-corrected chi connectivity index (χ4v) is 2.94. The Labute approximate surface area is 141 Å². The number of rotatable bonds is 6. The van der Waals surface area contributed by atoms with Crippen molar-refractivity contribution < 1.29 is 4.79 Å². The van der Waals surface area contributed by atoms with Gasteiger partial charge in [0.05, 0.1) is 5.25 Å². The number of amides is 1. The van der Waals surface area contributed by atoms with E-state index in [0.717, 1.165) is 15.9 Å². The molecular weight excluding hydrogens is 366 g/mol. The number of halogens is 1. The summed E-state index contributed by atoms with van der Waals surface area (Å²) in [5.74, 6) is 5.63. The summed E-state index contributed by atoms with van der Waals surface area (Å²) < 4.78 is 2.91. The van der Waals surface area contributed by atoms with Gasteiger partial charge in [0, 0.05) is 16.6 Å². The molecule has 0 radical (unpaired) electrons. The molecule has 0 bridgehead atoms. The molecule has 1 aromatic carbocycles. The van der Waals surface area contributed by atoms with Gasteiger partial charge in [-0.2, -0.15) is 0 Å². The van der Waals surface area contributed by atoms with Crippen LogP contribution in [-0.4, -0.2) is 25.9 Å². The lowest BCUT2D eigenvalue weighted by Gasteiger charge is -2.11. The third-order valence-electron chi connectivity index (χ3n) is 2.92. The van der Waals surface area contributed by atoms with Gasteiger partial charge in [-0.1, -0.05) is 45.9 Å². The van der Waals surface area contributed by atoms with Crippen LogP contribution in [0.2, 0.25) is 0 Å². The Morgan fingerprint density at radius 2 is 2.18 bits per heavy atom. The van der Waals surface area contributed by atoms with Crippen molar-refractivity contribution in [3.8, 4) is 11.4 Å². The Morgan fingerprint density at radius 3 is 2.77 bits per heavy atom. The molecule has 0 saturated carbocycles. The van der Waals surface area contributed by atoms with Crippen molar-refractivity contribution in [2.45, 2.75) is 23.9 Å². The molecule has 0 aliphatic carbocycles. The van der Waals surface area contributed by atoms with E-state index in [1.165, 1.54) is 11.8 Å². The SMILES string of the molecule is C=CCn1c(S[C@H](C)C(=O)NN)nnc1-c1ccc(Br)cc1. The maximum Gasteiger partial charge on any atom is 0.247 e. The van der Waals surface area contributed by atoms with Crippen molar-refractivity contribution in [2.24, 2.45) is 5.84 Å². The highest BCUT2D eigenvalue weighted by molar-refractivity contribution is 9.10. The number of benzene rings is 1. The third-order valence-corrected chi connectivity index (χ3v) is 4.53. The molecule has 1 aromatic heterocycles. The molecule has 0 aliphatic heterocycles. The van der Waals surface area contributed by atoms with Crippen LogP contribution < -0.4 is 11.3 Å². The molecule has 2 rings (SSSR count). The Hall–Kier alpha value is -1.64. The van der Waals surface area contributed by atoms with E-state index in [0.29, 0.717) is 11.7 Å². The molecule has 0 spiro atoms. The summed E-state index contributed by atoms with van der Waals surface area (Å²) in [4.78, 5) is 11.6. The van der Waals surface area contributed by atoms with Crippen LogP contribution in [-0.2, 0) is 11.3 Å². The lowest BCUT2D eigenvalue weighted by Crippen LogP contribution is -2.36. The molecule has 3 N–H and O–H groups in total. The molecule has 1 heterocycles. The second kappa shape index (κ2) is 7.57. The molecule has 1 atom stereocenters. The van der Waals surface area contributed by atoms with E-state index in [2.05, 4.69) is 38.1 Å². The number of thioether (sulfide) groups is 1. The smallest absolute Gasteiger partial charge is 0.247 e. The molecule has 6 nitrogen and oxygen atoms in total. The largest absolute Gasteiger partial charge is 0.298 e. The number of hydrazine groups is 1. The average Bonchev–Trinajstić information content (AvgIpc) is 2.90. The summed E-state index contributed by atoms with van der Waals surface area (Å²) in [5.41, 5.74) is 3.08. The average molecular weight is 382 g/mol. The number of allylic oxidation sites excluding steroid dienone is 1. The van der Waals surface area contributed by atoms with Crippen LogP contribution in [0.1, 0.15) is 6.92 Å². The number of carbonyl (C=O) groups is 1. The van der Waals surface area contributed by atoms with Gasteiger partial charge in [0.15, 0.2) is 11.0 Å². The van der Waals surface area contributed by atoms with E-state index in [1.54, 1.807) is 13.0 Å². The monoisotopic (exact) mass is 381 g/mol. The Balaban J connectivity index is 2.34. The van der Waals surface area contributed by atoms with E-state index in [-0.39, 0.29) is 11.2 Å². The molecule has 22 heavy (non-hydrogen) atoms. The quantitative estimate of drug-likeness (QED) is 0.263. The van der Waals surface area contributed by atoms with Gasteiger partial charge in [-0.15, -0.1) is 16.8 Å². The van der Waals surface area contributed by atoms with E-state index >= 15 is 0 Å². The predicted octanol–water partition coefficient (Wildman–Crippen LogP) is 2.36. The summed E-state index contributed by atoms with van der Waals surface area (Å²) in [6, 6.07) is 7.80. The summed E-state index contributed by atoms with van der Waals surface area (Å²) in [6.45, 7) is 6.08. The van der Waals surface area contributed by atoms with Crippen molar-refractivity contribution in [2.75, 3.05) is 0 Å². The maximum absolute atomic E-state index is 11.6. The summed E-state index contributed by atoms with van der Waals surface area (Å²) >= 11 is 4.71. The van der Waals surface area contributed by atoms with E-state index in [1.807, 2.05) is 28.8 Å². The molecule has 1 amide bonds. The first kappa shape index (κ1) is 16.7. The van der Waals surface area contributed by atoms with Gasteiger partial charge in [0.1, 0.15) is 0 Å². The molecule has 0 saturated heterocycles. The second-order valence-corrected chi connectivity index (χ2v) is 6.70. The van der Waals surface area contributed by atoms with Crippen LogP contribution in [0.5, 0.6) is 0 Å². The minimum atomic E-state index is -0.365.